The van der Waals surface area contributed by atoms with Gasteiger partial charge in [0.1, 0.15) is 44.7 Å². The van der Waals surface area contributed by atoms with Gasteiger partial charge in [0.05, 0.1) is 0 Å². The maximum absolute atomic E-state index is 5.94. The lowest BCUT2D eigenvalue weighted by Gasteiger charge is -2.07. The van der Waals surface area contributed by atoms with E-state index in [0.29, 0.717) is 29.6 Å². The summed E-state index contributed by atoms with van der Waals surface area (Å²) in [6, 6.07) is 73.8. The van der Waals surface area contributed by atoms with Gasteiger partial charge in [-0.2, -0.15) is 0 Å². The molecule has 10 aromatic carbocycles. The van der Waals surface area contributed by atoms with E-state index in [0.717, 1.165) is 44.7 Å². The number of benzene rings is 10. The van der Waals surface area contributed by atoms with Crippen LogP contribution in [0.1, 0.15) is 127 Å². The van der Waals surface area contributed by atoms with E-state index in [9.17, 15) is 0 Å². The molecule has 15 aromatic rings. The molecular formula is C75H70O4S. The molecule has 0 unspecified atom stereocenters. The molecule has 0 N–H and O–H groups in total. The van der Waals surface area contributed by atoms with Crippen LogP contribution in [0.15, 0.2) is 230 Å². The first-order valence-electron chi connectivity index (χ1n) is 28.4. The predicted molar refractivity (Wildman–Crippen MR) is 345 cm³/mol. The van der Waals surface area contributed by atoms with Crippen LogP contribution in [0.2, 0.25) is 0 Å². The molecule has 0 fully saturated rings. The van der Waals surface area contributed by atoms with E-state index in [1.54, 1.807) is 0 Å². The zero-order valence-electron chi connectivity index (χ0n) is 47.6. The number of hydrogen-bond donors (Lipinski definition) is 0. The molecule has 80 heavy (non-hydrogen) atoms. The van der Waals surface area contributed by atoms with Crippen LogP contribution >= 0.6 is 11.3 Å². The van der Waals surface area contributed by atoms with E-state index in [1.165, 1.54) is 91.1 Å². The van der Waals surface area contributed by atoms with Crippen molar-refractivity contribution in [1.29, 1.82) is 0 Å². The number of hydrogen-bond acceptors (Lipinski definition) is 5. The first-order valence-corrected chi connectivity index (χ1v) is 29.2. The van der Waals surface area contributed by atoms with Gasteiger partial charge in [-0.3, -0.25) is 0 Å². The summed E-state index contributed by atoms with van der Waals surface area (Å²) in [7, 11) is 0. The van der Waals surface area contributed by atoms with Gasteiger partial charge in [0.25, 0.3) is 0 Å². The van der Waals surface area contributed by atoms with Gasteiger partial charge in [-0.15, -0.1) is 11.3 Å². The van der Waals surface area contributed by atoms with Crippen LogP contribution < -0.4 is 0 Å². The molecule has 0 spiro atoms. The van der Waals surface area contributed by atoms with E-state index >= 15 is 0 Å². The Balaban J connectivity index is 0.000000105. The van der Waals surface area contributed by atoms with Gasteiger partial charge >= 0.3 is 0 Å². The summed E-state index contributed by atoms with van der Waals surface area (Å²) in [5.41, 5.74) is 14.7. The molecule has 0 radical (unpaired) electrons. The van der Waals surface area contributed by atoms with Gasteiger partial charge < -0.3 is 17.7 Å². The highest BCUT2D eigenvalue weighted by Crippen LogP contribution is 2.39. The Morgan fingerprint density at radius 1 is 0.250 bits per heavy atom. The number of rotatable bonds is 5. The van der Waals surface area contributed by atoms with E-state index in [1.807, 2.05) is 72.0 Å². The van der Waals surface area contributed by atoms with E-state index < -0.39 is 0 Å². The molecule has 400 valence electrons. The fourth-order valence-electron chi connectivity index (χ4n) is 11.0. The molecule has 4 nitrogen and oxygen atoms in total. The average Bonchev–Trinajstić information content (AvgIpc) is 4.34. The molecule has 5 heteroatoms. The Morgan fingerprint density at radius 2 is 0.650 bits per heavy atom. The van der Waals surface area contributed by atoms with Crippen molar-refractivity contribution < 1.29 is 17.7 Å². The van der Waals surface area contributed by atoms with Crippen LogP contribution in [0.25, 0.3) is 108 Å². The van der Waals surface area contributed by atoms with Gasteiger partial charge in [-0.05, 0) is 118 Å². The van der Waals surface area contributed by atoms with Gasteiger partial charge in [0.15, 0.2) is 0 Å². The minimum atomic E-state index is 0.490. The minimum Gasteiger partial charge on any atom is -0.456 e. The Hall–Kier alpha value is -8.38. The Bertz CT molecular complexity index is 4460. The number of thiophene rings is 1. The lowest BCUT2D eigenvalue weighted by atomic mass is 9.97. The normalized spacial score (nSPS) is 11.7. The molecular weight excluding hydrogens is 997 g/mol. The van der Waals surface area contributed by atoms with Crippen LogP contribution in [0.3, 0.4) is 0 Å². The van der Waals surface area contributed by atoms with Crippen molar-refractivity contribution in [3.8, 4) is 0 Å². The number of para-hydroxylation sites is 5. The van der Waals surface area contributed by atoms with Gasteiger partial charge in [-0.1, -0.05) is 221 Å². The molecule has 15 rings (SSSR count). The third-order valence-corrected chi connectivity index (χ3v) is 16.4. The molecule has 0 aliphatic carbocycles. The van der Waals surface area contributed by atoms with E-state index in [-0.39, 0.29) is 0 Å². The van der Waals surface area contributed by atoms with E-state index in [4.69, 9.17) is 17.7 Å². The highest BCUT2D eigenvalue weighted by atomic mass is 32.1. The summed E-state index contributed by atoms with van der Waals surface area (Å²) in [5, 5.41) is 12.6. The van der Waals surface area contributed by atoms with E-state index in [2.05, 4.69) is 221 Å². The first kappa shape index (κ1) is 53.6. The van der Waals surface area contributed by atoms with Crippen LogP contribution in [0, 0.1) is 0 Å². The summed E-state index contributed by atoms with van der Waals surface area (Å²) >= 11 is 1.89. The van der Waals surface area contributed by atoms with Crippen LogP contribution in [-0.2, 0) is 0 Å². The SMILES string of the molecule is CC(C)c1ccc2c(c1)oc1ccccc12.CC(C)c1ccc2oc3ccccc3c2c1.CC(C)c1cccc2c1oc1ccccc12.CC(C)c1cccc2oc3ccccc3c12.CC(C)c1cccc2sc3ccccc3c12. The van der Waals surface area contributed by atoms with Crippen molar-refractivity contribution in [3.63, 3.8) is 0 Å². The predicted octanol–water partition coefficient (Wildman–Crippen LogP) is 24.0. The molecule has 0 saturated carbocycles. The third kappa shape index (κ3) is 10.8. The highest BCUT2D eigenvalue weighted by Gasteiger charge is 2.15. The first-order chi connectivity index (χ1) is 38.8. The molecule has 5 aromatic heterocycles. The van der Waals surface area contributed by atoms with Crippen LogP contribution in [-0.4, -0.2) is 0 Å². The van der Waals surface area contributed by atoms with Crippen molar-refractivity contribution in [2.45, 2.75) is 98.8 Å². The molecule has 0 aliphatic rings. The van der Waals surface area contributed by atoms with Gasteiger partial charge in [-0.25, -0.2) is 0 Å². The second kappa shape index (κ2) is 23.1. The Morgan fingerprint density at radius 3 is 1.29 bits per heavy atom. The smallest absolute Gasteiger partial charge is 0.138 e. The minimum absolute atomic E-state index is 0.490. The topological polar surface area (TPSA) is 52.6 Å². The summed E-state index contributed by atoms with van der Waals surface area (Å²) in [6.45, 7) is 22.2. The van der Waals surface area contributed by atoms with Gasteiger partial charge in [0, 0.05) is 63.3 Å². The molecule has 0 amide bonds. The van der Waals surface area contributed by atoms with Crippen molar-refractivity contribution in [2.24, 2.45) is 0 Å². The number of furan rings is 4. The largest absolute Gasteiger partial charge is 0.456 e. The Labute approximate surface area is 473 Å². The fraction of sp³-hybridized carbons (Fsp3) is 0.200. The van der Waals surface area contributed by atoms with Crippen molar-refractivity contribution in [2.75, 3.05) is 0 Å². The average molecular weight is 1070 g/mol. The molecule has 0 aliphatic heterocycles. The summed E-state index contributed by atoms with van der Waals surface area (Å²) in [4.78, 5) is 0. The van der Waals surface area contributed by atoms with Crippen molar-refractivity contribution >= 4 is 119 Å². The standard InChI is InChI=1S/4C15H14O.C15H14S/c1-10(2)11-7-5-8-13-12-6-3-4-9-14(12)16-15(11)13;1-10(2)11-7-5-9-14-15(11)12-6-3-4-8-13(12)16-14;1-10(2)11-7-8-15-13(9-11)12-5-3-4-6-14(12)16-15;1-10(2)11-7-8-13-12-5-3-4-6-14(12)16-15(13)9-11;1-10(2)11-7-5-9-14-15(11)12-6-3-4-8-13(12)16-14/h5*3-10H,1-2H3. The lowest BCUT2D eigenvalue weighted by Crippen LogP contribution is -1.87. The maximum atomic E-state index is 5.94. The summed E-state index contributed by atoms with van der Waals surface area (Å²) in [5.74, 6) is 2.69. The van der Waals surface area contributed by atoms with Crippen LogP contribution in [0.4, 0.5) is 0 Å². The molecule has 0 saturated heterocycles. The van der Waals surface area contributed by atoms with Crippen LogP contribution in [0.5, 0.6) is 0 Å². The summed E-state index contributed by atoms with van der Waals surface area (Å²) < 4.78 is 26.2. The fourth-order valence-corrected chi connectivity index (χ4v) is 12.1. The summed E-state index contributed by atoms with van der Waals surface area (Å²) in [6.07, 6.45) is 0. The zero-order valence-corrected chi connectivity index (χ0v) is 48.5. The maximum Gasteiger partial charge on any atom is 0.138 e. The Kier molecular flexibility index (Phi) is 15.5. The highest BCUT2D eigenvalue weighted by molar-refractivity contribution is 7.25. The van der Waals surface area contributed by atoms with Crippen molar-refractivity contribution in [1.82, 2.24) is 0 Å². The number of fused-ring (bicyclic) bond motifs is 15. The second-order valence-electron chi connectivity index (χ2n) is 22.4. The molecule has 0 atom stereocenters. The zero-order chi connectivity index (χ0) is 55.6. The monoisotopic (exact) mass is 1070 g/mol. The quantitative estimate of drug-likeness (QED) is 0.172. The molecule has 0 bridgehead atoms. The van der Waals surface area contributed by atoms with Crippen molar-refractivity contribution in [3.05, 3.63) is 240 Å². The molecule has 5 heterocycles. The lowest BCUT2D eigenvalue weighted by molar-refractivity contribution is 0.657. The third-order valence-electron chi connectivity index (χ3n) is 15.3. The second-order valence-corrected chi connectivity index (χ2v) is 23.5. The van der Waals surface area contributed by atoms with Gasteiger partial charge in [0.2, 0.25) is 0 Å².